The molecular formula is C15H19N3O3. The number of aromatic nitrogens is 2. The third-order valence-electron chi connectivity index (χ3n) is 3.45. The number of likely N-dealkylation sites (N-methyl/N-ethyl adjacent to an activating group) is 1. The first-order valence-electron chi connectivity index (χ1n) is 7.00. The van der Waals surface area contributed by atoms with E-state index in [1.54, 1.807) is 36.2 Å². The second-order valence-electron chi connectivity index (χ2n) is 5.05. The van der Waals surface area contributed by atoms with Crippen LogP contribution in [0, 0.1) is 0 Å². The van der Waals surface area contributed by atoms with E-state index in [1.165, 1.54) is 0 Å². The zero-order chi connectivity index (χ0) is 15.4. The number of carbonyl (C=O) groups is 1. The third kappa shape index (κ3) is 3.21. The molecule has 1 N–H and O–H groups in total. The summed E-state index contributed by atoms with van der Waals surface area (Å²) in [4.78, 5) is 37.8. The van der Waals surface area contributed by atoms with Crippen LogP contribution in [0.15, 0.2) is 33.9 Å². The van der Waals surface area contributed by atoms with Crippen LogP contribution < -0.4 is 11.1 Å². The fourth-order valence-corrected chi connectivity index (χ4v) is 2.13. The van der Waals surface area contributed by atoms with Gasteiger partial charge in [-0.05, 0) is 18.6 Å². The molecule has 2 rings (SSSR count). The largest absolute Gasteiger partial charge is 0.344 e. The van der Waals surface area contributed by atoms with Gasteiger partial charge < -0.3 is 4.90 Å². The molecular weight excluding hydrogens is 270 g/mol. The molecule has 0 bridgehead atoms. The number of hydrogen-bond donors (Lipinski definition) is 1. The average Bonchev–Trinajstić information content (AvgIpc) is 2.49. The molecule has 2 aromatic rings. The molecule has 0 spiro atoms. The van der Waals surface area contributed by atoms with E-state index in [0.717, 1.165) is 17.5 Å². The second-order valence-corrected chi connectivity index (χ2v) is 5.05. The first-order chi connectivity index (χ1) is 10.0. The first kappa shape index (κ1) is 15.0. The molecule has 0 aliphatic heterocycles. The highest BCUT2D eigenvalue weighted by Gasteiger charge is 2.12. The smallest absolute Gasteiger partial charge is 0.273 e. The van der Waals surface area contributed by atoms with Crippen LogP contribution in [-0.4, -0.2) is 34.2 Å². The zero-order valence-electron chi connectivity index (χ0n) is 12.3. The Bertz CT molecular complexity index is 761. The van der Waals surface area contributed by atoms with Crippen molar-refractivity contribution in [3.05, 3.63) is 45.0 Å². The van der Waals surface area contributed by atoms with E-state index in [1.807, 2.05) is 6.92 Å². The van der Waals surface area contributed by atoms with Crippen molar-refractivity contribution < 1.29 is 4.79 Å². The zero-order valence-corrected chi connectivity index (χ0v) is 12.3. The van der Waals surface area contributed by atoms with Gasteiger partial charge in [0, 0.05) is 13.6 Å². The number of unbranched alkanes of at least 4 members (excludes halogenated alkanes) is 1. The van der Waals surface area contributed by atoms with Crippen molar-refractivity contribution in [2.24, 2.45) is 0 Å². The predicted molar refractivity (Wildman–Crippen MR) is 81.4 cm³/mol. The van der Waals surface area contributed by atoms with Gasteiger partial charge in [0.2, 0.25) is 5.91 Å². The van der Waals surface area contributed by atoms with Crippen LogP contribution in [-0.2, 0) is 11.3 Å². The van der Waals surface area contributed by atoms with Crippen molar-refractivity contribution in [3.8, 4) is 0 Å². The predicted octanol–water partition coefficient (Wildman–Crippen LogP) is 0.948. The van der Waals surface area contributed by atoms with Crippen LogP contribution in [0.25, 0.3) is 10.8 Å². The van der Waals surface area contributed by atoms with Crippen molar-refractivity contribution in [1.82, 2.24) is 14.7 Å². The Labute approximate surface area is 122 Å². The van der Waals surface area contributed by atoms with Crippen LogP contribution >= 0.6 is 0 Å². The molecule has 0 unspecified atom stereocenters. The molecule has 0 aliphatic carbocycles. The minimum Gasteiger partial charge on any atom is -0.344 e. The maximum atomic E-state index is 12.3. The second kappa shape index (κ2) is 6.39. The Balaban J connectivity index is 2.31. The number of hydrogen-bond acceptors (Lipinski definition) is 3. The topological polar surface area (TPSA) is 75.2 Å². The van der Waals surface area contributed by atoms with Crippen molar-refractivity contribution in [2.75, 3.05) is 13.6 Å². The van der Waals surface area contributed by atoms with Gasteiger partial charge in [0.25, 0.3) is 11.1 Å². The summed E-state index contributed by atoms with van der Waals surface area (Å²) in [5.41, 5.74) is -0.725. The summed E-state index contributed by atoms with van der Waals surface area (Å²) in [7, 11) is 1.70. The number of H-pyrrole nitrogens is 1. The molecule has 1 aromatic heterocycles. The number of nitrogens with one attached hydrogen (secondary N) is 1. The van der Waals surface area contributed by atoms with Gasteiger partial charge >= 0.3 is 0 Å². The van der Waals surface area contributed by atoms with Crippen LogP contribution in [0.1, 0.15) is 19.8 Å². The van der Waals surface area contributed by atoms with Crippen LogP contribution in [0.5, 0.6) is 0 Å². The van der Waals surface area contributed by atoms with Gasteiger partial charge in [-0.1, -0.05) is 25.5 Å². The SMILES string of the molecule is CCCCN(C)C(=O)Cn1[nH]c(=O)c2ccccc2c1=O. The Morgan fingerprint density at radius 3 is 2.57 bits per heavy atom. The summed E-state index contributed by atoms with van der Waals surface area (Å²) in [5, 5.41) is 3.12. The molecule has 0 aliphatic rings. The number of rotatable bonds is 5. The van der Waals surface area contributed by atoms with Gasteiger partial charge in [0.05, 0.1) is 10.8 Å². The van der Waals surface area contributed by atoms with E-state index in [2.05, 4.69) is 5.10 Å². The van der Waals surface area contributed by atoms with E-state index < -0.39 is 0 Å². The molecule has 6 nitrogen and oxygen atoms in total. The van der Waals surface area contributed by atoms with Gasteiger partial charge in [-0.25, -0.2) is 4.68 Å². The number of carbonyl (C=O) groups excluding carboxylic acids is 1. The molecule has 0 fully saturated rings. The Morgan fingerprint density at radius 1 is 1.24 bits per heavy atom. The number of benzene rings is 1. The minimum atomic E-state index is -0.366. The fraction of sp³-hybridized carbons (Fsp3) is 0.400. The third-order valence-corrected chi connectivity index (χ3v) is 3.45. The maximum Gasteiger partial charge on any atom is 0.273 e. The molecule has 0 atom stereocenters. The van der Waals surface area contributed by atoms with Crippen LogP contribution in [0.2, 0.25) is 0 Å². The standard InChI is InChI=1S/C15H19N3O3/c1-3-4-9-17(2)13(19)10-18-15(21)12-8-6-5-7-11(12)14(20)16-18/h5-8H,3-4,9-10H2,1-2H3,(H,16,20). The van der Waals surface area contributed by atoms with Gasteiger partial charge in [0.1, 0.15) is 6.54 Å². The van der Waals surface area contributed by atoms with Crippen molar-refractivity contribution in [2.45, 2.75) is 26.3 Å². The lowest BCUT2D eigenvalue weighted by molar-refractivity contribution is -0.130. The first-order valence-corrected chi connectivity index (χ1v) is 7.00. The molecule has 6 heteroatoms. The van der Waals surface area contributed by atoms with Gasteiger partial charge in [-0.15, -0.1) is 0 Å². The lowest BCUT2D eigenvalue weighted by atomic mass is 10.2. The Kier molecular flexibility index (Phi) is 4.57. The lowest BCUT2D eigenvalue weighted by Crippen LogP contribution is -2.37. The summed E-state index contributed by atoms with van der Waals surface area (Å²) in [6.07, 6.45) is 1.90. The highest BCUT2D eigenvalue weighted by atomic mass is 16.2. The maximum absolute atomic E-state index is 12.3. The van der Waals surface area contributed by atoms with Gasteiger partial charge in [-0.2, -0.15) is 0 Å². The number of aromatic amines is 1. The molecule has 0 radical (unpaired) electrons. The van der Waals surface area contributed by atoms with Crippen molar-refractivity contribution in [1.29, 1.82) is 0 Å². The van der Waals surface area contributed by atoms with E-state index >= 15 is 0 Å². The normalized spacial score (nSPS) is 10.8. The highest BCUT2D eigenvalue weighted by molar-refractivity contribution is 5.81. The van der Waals surface area contributed by atoms with E-state index in [0.29, 0.717) is 17.3 Å². The van der Waals surface area contributed by atoms with E-state index in [9.17, 15) is 14.4 Å². The number of fused-ring (bicyclic) bond motifs is 1. The van der Waals surface area contributed by atoms with E-state index in [4.69, 9.17) is 0 Å². The lowest BCUT2D eigenvalue weighted by Gasteiger charge is -2.17. The Hall–Kier alpha value is -2.37. The summed E-state index contributed by atoms with van der Waals surface area (Å²) in [5.74, 6) is -0.198. The molecule has 1 heterocycles. The van der Waals surface area contributed by atoms with Crippen molar-refractivity contribution >= 4 is 16.7 Å². The highest BCUT2D eigenvalue weighted by Crippen LogP contribution is 2.02. The summed E-state index contributed by atoms with van der Waals surface area (Å²) < 4.78 is 1.08. The summed E-state index contributed by atoms with van der Waals surface area (Å²) in [6.45, 7) is 2.53. The molecule has 1 aromatic carbocycles. The molecule has 112 valence electrons. The number of nitrogens with zero attached hydrogens (tertiary/aromatic N) is 2. The monoisotopic (exact) mass is 289 g/mol. The van der Waals surface area contributed by atoms with Gasteiger partial charge in [0.15, 0.2) is 0 Å². The minimum absolute atomic E-state index is 0.154. The fourth-order valence-electron chi connectivity index (χ4n) is 2.13. The van der Waals surface area contributed by atoms with Crippen molar-refractivity contribution in [3.63, 3.8) is 0 Å². The summed E-state index contributed by atoms with van der Waals surface area (Å²) >= 11 is 0. The molecule has 21 heavy (non-hydrogen) atoms. The molecule has 0 saturated carbocycles. The molecule has 0 saturated heterocycles. The quantitative estimate of drug-likeness (QED) is 0.890. The Morgan fingerprint density at radius 2 is 1.90 bits per heavy atom. The average molecular weight is 289 g/mol. The number of amides is 1. The van der Waals surface area contributed by atoms with E-state index in [-0.39, 0.29) is 23.6 Å². The van der Waals surface area contributed by atoms with Crippen LogP contribution in [0.3, 0.4) is 0 Å². The van der Waals surface area contributed by atoms with Gasteiger partial charge in [-0.3, -0.25) is 19.5 Å². The van der Waals surface area contributed by atoms with Crippen LogP contribution in [0.4, 0.5) is 0 Å². The molecule has 1 amide bonds. The summed E-state index contributed by atoms with van der Waals surface area (Å²) in [6, 6.07) is 6.58.